The highest BCUT2D eigenvalue weighted by Gasteiger charge is 2.40. The predicted molar refractivity (Wildman–Crippen MR) is 62.1 cm³/mol. The molecule has 3 rings (SSSR count). The van der Waals surface area contributed by atoms with Crippen molar-refractivity contribution in [2.45, 2.75) is 12.5 Å². The lowest BCUT2D eigenvalue weighted by Crippen LogP contribution is -2.19. The summed E-state index contributed by atoms with van der Waals surface area (Å²) >= 11 is 0. The third-order valence-electron chi connectivity index (χ3n) is 2.99. The molecule has 1 heterocycles. The zero-order chi connectivity index (χ0) is 11.8. The van der Waals surface area contributed by atoms with Crippen LogP contribution in [0.4, 0.5) is 5.69 Å². The van der Waals surface area contributed by atoms with Gasteiger partial charge in [0.05, 0.1) is 5.92 Å². The number of carbonyl (C=O) groups excluding carboxylic acids is 1. The lowest BCUT2D eigenvalue weighted by Gasteiger charge is -2.19. The number of rotatable bonds is 2. The molecular formula is C12H14N2O3. The first-order valence-electron chi connectivity index (χ1n) is 5.70. The van der Waals surface area contributed by atoms with Gasteiger partial charge in [0.15, 0.2) is 11.5 Å². The van der Waals surface area contributed by atoms with Crippen LogP contribution >= 0.6 is 0 Å². The van der Waals surface area contributed by atoms with Gasteiger partial charge in [0.25, 0.3) is 0 Å². The largest absolute Gasteiger partial charge is 0.486 e. The highest BCUT2D eigenvalue weighted by Crippen LogP contribution is 2.34. The fourth-order valence-corrected chi connectivity index (χ4v) is 1.87. The van der Waals surface area contributed by atoms with Gasteiger partial charge in [-0.2, -0.15) is 0 Å². The molecule has 90 valence electrons. The average Bonchev–Trinajstić information content (AvgIpc) is 3.06. The Bertz CT molecular complexity index is 461. The van der Waals surface area contributed by atoms with Crippen LogP contribution in [0.1, 0.15) is 6.42 Å². The van der Waals surface area contributed by atoms with Gasteiger partial charge in [0.1, 0.15) is 13.2 Å². The van der Waals surface area contributed by atoms with E-state index in [0.29, 0.717) is 19.0 Å². The van der Waals surface area contributed by atoms with E-state index in [1.165, 1.54) is 0 Å². The molecule has 1 fully saturated rings. The number of benzene rings is 1. The molecule has 17 heavy (non-hydrogen) atoms. The molecule has 2 unspecified atom stereocenters. The monoisotopic (exact) mass is 234 g/mol. The van der Waals surface area contributed by atoms with Gasteiger partial charge in [-0.15, -0.1) is 0 Å². The maximum absolute atomic E-state index is 11.7. The minimum absolute atomic E-state index is 0.0193. The minimum atomic E-state index is -0.0387. The maximum atomic E-state index is 11.7. The Kier molecular flexibility index (Phi) is 2.40. The number of fused-ring (bicyclic) bond motifs is 1. The van der Waals surface area contributed by atoms with Gasteiger partial charge in [-0.1, -0.05) is 0 Å². The summed E-state index contributed by atoms with van der Waals surface area (Å²) in [6.45, 7) is 1.10. The van der Waals surface area contributed by atoms with Crippen molar-refractivity contribution in [1.29, 1.82) is 0 Å². The van der Waals surface area contributed by atoms with E-state index >= 15 is 0 Å². The van der Waals surface area contributed by atoms with Crippen LogP contribution in [-0.4, -0.2) is 25.2 Å². The van der Waals surface area contributed by atoms with Gasteiger partial charge in [-0.25, -0.2) is 0 Å². The van der Waals surface area contributed by atoms with Crippen molar-refractivity contribution in [3.63, 3.8) is 0 Å². The Morgan fingerprint density at radius 1 is 1.29 bits per heavy atom. The van der Waals surface area contributed by atoms with Gasteiger partial charge in [-0.3, -0.25) is 4.79 Å². The van der Waals surface area contributed by atoms with Crippen LogP contribution in [0.5, 0.6) is 11.5 Å². The highest BCUT2D eigenvalue weighted by atomic mass is 16.6. The molecule has 5 heteroatoms. The quantitative estimate of drug-likeness (QED) is 0.791. The fourth-order valence-electron chi connectivity index (χ4n) is 1.87. The van der Waals surface area contributed by atoms with Crippen LogP contribution in [0.15, 0.2) is 18.2 Å². The molecule has 0 spiro atoms. The second-order valence-corrected chi connectivity index (χ2v) is 4.35. The van der Waals surface area contributed by atoms with Gasteiger partial charge >= 0.3 is 0 Å². The van der Waals surface area contributed by atoms with Crippen LogP contribution in [0, 0.1) is 5.92 Å². The van der Waals surface area contributed by atoms with Gasteiger partial charge in [-0.05, 0) is 18.6 Å². The Balaban J connectivity index is 1.73. The van der Waals surface area contributed by atoms with Crippen LogP contribution in [-0.2, 0) is 4.79 Å². The molecule has 0 radical (unpaired) electrons. The molecule has 2 aliphatic rings. The summed E-state index contributed by atoms with van der Waals surface area (Å²) in [6, 6.07) is 5.41. The van der Waals surface area contributed by atoms with Crippen molar-refractivity contribution in [3.05, 3.63) is 18.2 Å². The maximum Gasteiger partial charge on any atom is 0.229 e. The van der Waals surface area contributed by atoms with Crippen LogP contribution in [0.3, 0.4) is 0 Å². The van der Waals surface area contributed by atoms with Gasteiger partial charge in [0, 0.05) is 17.8 Å². The van der Waals surface area contributed by atoms with Crippen LogP contribution in [0.25, 0.3) is 0 Å². The topological polar surface area (TPSA) is 73.6 Å². The summed E-state index contributed by atoms with van der Waals surface area (Å²) in [4.78, 5) is 11.7. The van der Waals surface area contributed by atoms with Crippen LogP contribution < -0.4 is 20.5 Å². The van der Waals surface area contributed by atoms with Crippen molar-refractivity contribution in [2.75, 3.05) is 18.5 Å². The number of hydrogen-bond donors (Lipinski definition) is 2. The molecule has 1 aromatic rings. The zero-order valence-corrected chi connectivity index (χ0v) is 9.31. The molecule has 1 amide bonds. The number of hydrogen-bond acceptors (Lipinski definition) is 4. The van der Waals surface area contributed by atoms with Crippen molar-refractivity contribution in [3.8, 4) is 11.5 Å². The third-order valence-corrected chi connectivity index (χ3v) is 2.99. The Labute approximate surface area is 98.9 Å². The number of carbonyl (C=O) groups is 1. The normalized spacial score (nSPS) is 25.2. The number of nitrogens with two attached hydrogens (primary N) is 1. The molecule has 2 atom stereocenters. The molecule has 0 saturated heterocycles. The molecule has 1 saturated carbocycles. The van der Waals surface area contributed by atoms with E-state index in [1.807, 2.05) is 0 Å². The van der Waals surface area contributed by atoms with Crippen molar-refractivity contribution < 1.29 is 14.3 Å². The van der Waals surface area contributed by atoms with Crippen LogP contribution in [0.2, 0.25) is 0 Å². The number of amides is 1. The summed E-state index contributed by atoms with van der Waals surface area (Å²) in [7, 11) is 0. The van der Waals surface area contributed by atoms with Crippen molar-refractivity contribution >= 4 is 11.6 Å². The molecular weight excluding hydrogens is 220 g/mol. The average molecular weight is 234 g/mol. The predicted octanol–water partition coefficient (Wildman–Crippen LogP) is 0.743. The Morgan fingerprint density at radius 3 is 2.71 bits per heavy atom. The summed E-state index contributed by atoms with van der Waals surface area (Å²) in [5.74, 6) is 1.34. The summed E-state index contributed by atoms with van der Waals surface area (Å²) < 4.78 is 10.8. The summed E-state index contributed by atoms with van der Waals surface area (Å²) in [5.41, 5.74) is 6.35. The fraction of sp³-hybridized carbons (Fsp3) is 0.417. The number of anilines is 1. The molecule has 1 aromatic carbocycles. The first kappa shape index (κ1) is 10.4. The second kappa shape index (κ2) is 3.92. The molecule has 1 aliphatic carbocycles. The molecule has 1 aliphatic heterocycles. The SMILES string of the molecule is NC1CC1C(=O)Nc1ccc2c(c1)OCCO2. The van der Waals surface area contributed by atoms with E-state index in [2.05, 4.69) is 5.32 Å². The Morgan fingerprint density at radius 2 is 2.00 bits per heavy atom. The standard InChI is InChI=1S/C12H14N2O3/c13-9-6-8(9)12(15)14-7-1-2-10-11(5-7)17-4-3-16-10/h1-2,5,8-9H,3-4,6,13H2,(H,14,15). The minimum Gasteiger partial charge on any atom is -0.486 e. The zero-order valence-electron chi connectivity index (χ0n) is 9.31. The molecule has 5 nitrogen and oxygen atoms in total. The third kappa shape index (κ3) is 2.06. The first-order valence-corrected chi connectivity index (χ1v) is 5.70. The van der Waals surface area contributed by atoms with Gasteiger partial charge < -0.3 is 20.5 Å². The summed E-state index contributed by atoms with van der Waals surface area (Å²) in [6.07, 6.45) is 0.774. The van der Waals surface area contributed by atoms with E-state index < -0.39 is 0 Å². The van der Waals surface area contributed by atoms with E-state index in [4.69, 9.17) is 15.2 Å². The first-order chi connectivity index (χ1) is 8.24. The van der Waals surface area contributed by atoms with Gasteiger partial charge in [0.2, 0.25) is 5.91 Å². The van der Waals surface area contributed by atoms with Crippen molar-refractivity contribution in [1.82, 2.24) is 0 Å². The molecule has 0 aromatic heterocycles. The number of ether oxygens (including phenoxy) is 2. The van der Waals surface area contributed by atoms with E-state index in [-0.39, 0.29) is 17.9 Å². The highest BCUT2D eigenvalue weighted by molar-refractivity contribution is 5.95. The Hall–Kier alpha value is -1.75. The summed E-state index contributed by atoms with van der Waals surface area (Å²) in [5, 5.41) is 2.83. The second-order valence-electron chi connectivity index (χ2n) is 4.35. The number of nitrogens with one attached hydrogen (secondary N) is 1. The van der Waals surface area contributed by atoms with E-state index in [1.54, 1.807) is 18.2 Å². The van der Waals surface area contributed by atoms with E-state index in [0.717, 1.165) is 17.9 Å². The molecule has 3 N–H and O–H groups in total. The van der Waals surface area contributed by atoms with E-state index in [9.17, 15) is 4.79 Å². The smallest absolute Gasteiger partial charge is 0.229 e. The lowest BCUT2D eigenvalue weighted by molar-refractivity contribution is -0.117. The molecule has 0 bridgehead atoms. The lowest BCUT2D eigenvalue weighted by atomic mass is 10.2. The van der Waals surface area contributed by atoms with Crippen molar-refractivity contribution in [2.24, 2.45) is 11.7 Å².